The standard InChI is InChI=1S/C13H19NO4/c14-12(15)10-5-1-2-6-11(10)13(16)18-8-9-4-3-7-17-9/h1-2,9-11H,3-8H2,(H2,14,15). The van der Waals surface area contributed by atoms with E-state index in [1.165, 1.54) is 0 Å². The molecule has 1 heterocycles. The molecule has 1 fully saturated rings. The zero-order valence-corrected chi connectivity index (χ0v) is 10.3. The van der Waals surface area contributed by atoms with Crippen LogP contribution in [-0.2, 0) is 19.1 Å². The predicted octanol–water partition coefficient (Wildman–Crippen LogP) is 0.776. The van der Waals surface area contributed by atoms with E-state index in [9.17, 15) is 9.59 Å². The van der Waals surface area contributed by atoms with Crippen molar-refractivity contribution in [2.75, 3.05) is 13.2 Å². The number of esters is 1. The van der Waals surface area contributed by atoms with Crippen molar-refractivity contribution in [1.29, 1.82) is 0 Å². The topological polar surface area (TPSA) is 78.6 Å². The van der Waals surface area contributed by atoms with E-state index >= 15 is 0 Å². The van der Waals surface area contributed by atoms with Gasteiger partial charge in [0.15, 0.2) is 0 Å². The van der Waals surface area contributed by atoms with Crippen molar-refractivity contribution in [1.82, 2.24) is 0 Å². The molecule has 1 saturated heterocycles. The molecule has 1 amide bonds. The number of hydrogen-bond donors (Lipinski definition) is 1. The van der Waals surface area contributed by atoms with Crippen molar-refractivity contribution in [3.8, 4) is 0 Å². The van der Waals surface area contributed by atoms with Gasteiger partial charge in [-0.3, -0.25) is 9.59 Å². The molecular weight excluding hydrogens is 234 g/mol. The van der Waals surface area contributed by atoms with E-state index in [-0.39, 0.29) is 18.7 Å². The molecule has 5 nitrogen and oxygen atoms in total. The van der Waals surface area contributed by atoms with Gasteiger partial charge in [-0.15, -0.1) is 0 Å². The van der Waals surface area contributed by atoms with Crippen LogP contribution < -0.4 is 5.73 Å². The first-order valence-electron chi connectivity index (χ1n) is 6.41. The van der Waals surface area contributed by atoms with Gasteiger partial charge in [0.1, 0.15) is 6.61 Å². The van der Waals surface area contributed by atoms with Crippen LogP contribution in [0, 0.1) is 11.8 Å². The van der Waals surface area contributed by atoms with Gasteiger partial charge in [-0.1, -0.05) is 12.2 Å². The van der Waals surface area contributed by atoms with Gasteiger partial charge in [0.05, 0.1) is 17.9 Å². The zero-order chi connectivity index (χ0) is 13.0. The molecule has 1 aliphatic heterocycles. The second-order valence-corrected chi connectivity index (χ2v) is 4.82. The SMILES string of the molecule is NC(=O)C1CC=CCC1C(=O)OCC1CCCO1. The number of ether oxygens (including phenoxy) is 2. The summed E-state index contributed by atoms with van der Waals surface area (Å²) in [7, 11) is 0. The smallest absolute Gasteiger partial charge is 0.310 e. The van der Waals surface area contributed by atoms with Crippen LogP contribution in [0.2, 0.25) is 0 Å². The number of carbonyl (C=O) groups excluding carboxylic acids is 2. The van der Waals surface area contributed by atoms with Crippen molar-refractivity contribution in [3.63, 3.8) is 0 Å². The number of hydrogen-bond acceptors (Lipinski definition) is 4. The lowest BCUT2D eigenvalue weighted by atomic mass is 9.82. The Morgan fingerprint density at radius 2 is 2.00 bits per heavy atom. The van der Waals surface area contributed by atoms with Crippen LogP contribution in [0.1, 0.15) is 25.7 Å². The average Bonchev–Trinajstić information content (AvgIpc) is 2.89. The van der Waals surface area contributed by atoms with E-state index in [1.54, 1.807) is 0 Å². The number of nitrogens with two attached hydrogens (primary N) is 1. The summed E-state index contributed by atoms with van der Waals surface area (Å²) in [5, 5.41) is 0. The molecule has 0 aromatic rings. The van der Waals surface area contributed by atoms with E-state index in [0.717, 1.165) is 19.4 Å². The normalized spacial score (nSPS) is 31.2. The third kappa shape index (κ3) is 3.10. The Kier molecular flexibility index (Phi) is 4.36. The van der Waals surface area contributed by atoms with Gasteiger partial charge in [0.25, 0.3) is 0 Å². The van der Waals surface area contributed by atoms with E-state index in [1.807, 2.05) is 12.2 Å². The fraction of sp³-hybridized carbons (Fsp3) is 0.692. The van der Waals surface area contributed by atoms with Crippen molar-refractivity contribution >= 4 is 11.9 Å². The van der Waals surface area contributed by atoms with Gasteiger partial charge in [0, 0.05) is 6.61 Å². The van der Waals surface area contributed by atoms with Crippen LogP contribution in [-0.4, -0.2) is 31.2 Å². The molecule has 2 aliphatic rings. The van der Waals surface area contributed by atoms with Gasteiger partial charge in [-0.05, 0) is 25.7 Å². The highest BCUT2D eigenvalue weighted by atomic mass is 16.6. The quantitative estimate of drug-likeness (QED) is 0.593. The molecule has 5 heteroatoms. The van der Waals surface area contributed by atoms with Crippen LogP contribution in [0.15, 0.2) is 12.2 Å². The fourth-order valence-corrected chi connectivity index (χ4v) is 2.45. The first kappa shape index (κ1) is 13.1. The van der Waals surface area contributed by atoms with Crippen LogP contribution in [0.3, 0.4) is 0 Å². The Hall–Kier alpha value is -1.36. The van der Waals surface area contributed by atoms with Crippen molar-refractivity contribution < 1.29 is 19.1 Å². The second kappa shape index (κ2) is 6.00. The van der Waals surface area contributed by atoms with Gasteiger partial charge in [-0.25, -0.2) is 0 Å². The average molecular weight is 253 g/mol. The van der Waals surface area contributed by atoms with Crippen LogP contribution in [0.4, 0.5) is 0 Å². The van der Waals surface area contributed by atoms with E-state index in [2.05, 4.69) is 0 Å². The molecule has 2 N–H and O–H groups in total. The summed E-state index contributed by atoms with van der Waals surface area (Å²) in [6.07, 6.45) is 6.79. The van der Waals surface area contributed by atoms with Crippen LogP contribution in [0.5, 0.6) is 0 Å². The van der Waals surface area contributed by atoms with Crippen LogP contribution in [0.25, 0.3) is 0 Å². The summed E-state index contributed by atoms with van der Waals surface area (Å²) in [6, 6.07) is 0. The molecule has 1 aliphatic carbocycles. The predicted molar refractivity (Wildman–Crippen MR) is 64.5 cm³/mol. The molecule has 0 aromatic carbocycles. The number of allylic oxidation sites excluding steroid dienone is 2. The lowest BCUT2D eigenvalue weighted by Crippen LogP contribution is -2.37. The first-order valence-corrected chi connectivity index (χ1v) is 6.41. The maximum absolute atomic E-state index is 12.0. The maximum Gasteiger partial charge on any atom is 0.310 e. The minimum atomic E-state index is -0.438. The van der Waals surface area contributed by atoms with Gasteiger partial charge in [-0.2, -0.15) is 0 Å². The highest BCUT2D eigenvalue weighted by Gasteiger charge is 2.34. The molecule has 0 spiro atoms. The zero-order valence-electron chi connectivity index (χ0n) is 10.3. The van der Waals surface area contributed by atoms with E-state index < -0.39 is 17.7 Å². The van der Waals surface area contributed by atoms with Crippen LogP contribution >= 0.6 is 0 Å². The van der Waals surface area contributed by atoms with Gasteiger partial charge < -0.3 is 15.2 Å². The molecule has 100 valence electrons. The third-order valence-electron chi connectivity index (χ3n) is 3.54. The Balaban J connectivity index is 1.86. The largest absolute Gasteiger partial charge is 0.463 e. The maximum atomic E-state index is 12.0. The summed E-state index contributed by atoms with van der Waals surface area (Å²) >= 11 is 0. The molecular formula is C13H19NO4. The van der Waals surface area contributed by atoms with E-state index in [4.69, 9.17) is 15.2 Å². The molecule has 2 rings (SSSR count). The molecule has 0 aromatic heterocycles. The summed E-state index contributed by atoms with van der Waals surface area (Å²) in [4.78, 5) is 23.2. The number of amides is 1. The van der Waals surface area contributed by atoms with Crippen molar-refractivity contribution in [2.45, 2.75) is 31.8 Å². The van der Waals surface area contributed by atoms with Crippen molar-refractivity contribution in [3.05, 3.63) is 12.2 Å². The first-order chi connectivity index (χ1) is 8.68. The Morgan fingerprint density at radius 3 is 2.61 bits per heavy atom. The lowest BCUT2D eigenvalue weighted by Gasteiger charge is -2.24. The van der Waals surface area contributed by atoms with Crippen molar-refractivity contribution in [2.24, 2.45) is 17.6 Å². The minimum absolute atomic E-state index is 0.0140. The summed E-state index contributed by atoms with van der Waals surface area (Å²) in [5.41, 5.74) is 5.31. The minimum Gasteiger partial charge on any atom is -0.463 e. The Morgan fingerprint density at radius 1 is 1.28 bits per heavy atom. The molecule has 0 radical (unpaired) electrons. The lowest BCUT2D eigenvalue weighted by molar-refractivity contribution is -0.155. The Bertz CT molecular complexity index is 347. The second-order valence-electron chi connectivity index (χ2n) is 4.82. The summed E-state index contributed by atoms with van der Waals surface area (Å²) in [6.45, 7) is 1.02. The van der Waals surface area contributed by atoms with Gasteiger partial charge in [0.2, 0.25) is 5.91 Å². The fourth-order valence-electron chi connectivity index (χ4n) is 2.45. The summed E-state index contributed by atoms with van der Waals surface area (Å²) < 4.78 is 10.6. The van der Waals surface area contributed by atoms with E-state index in [0.29, 0.717) is 12.8 Å². The molecule has 0 saturated carbocycles. The molecule has 3 unspecified atom stereocenters. The third-order valence-corrected chi connectivity index (χ3v) is 3.54. The number of primary amides is 1. The Labute approximate surface area is 106 Å². The summed E-state index contributed by atoms with van der Waals surface area (Å²) in [5.74, 6) is -1.64. The number of carbonyl (C=O) groups is 2. The highest BCUT2D eigenvalue weighted by Crippen LogP contribution is 2.26. The monoisotopic (exact) mass is 253 g/mol. The molecule has 0 bridgehead atoms. The molecule has 3 atom stereocenters. The highest BCUT2D eigenvalue weighted by molar-refractivity contribution is 5.84. The number of rotatable bonds is 4. The molecule has 18 heavy (non-hydrogen) atoms. The van der Waals surface area contributed by atoms with Gasteiger partial charge >= 0.3 is 5.97 Å².